The molecule has 0 radical (unpaired) electrons. The van der Waals surface area contributed by atoms with E-state index in [0.717, 1.165) is 6.04 Å². The lowest BCUT2D eigenvalue weighted by molar-refractivity contribution is 0.222. The molecule has 0 aromatic heterocycles. The van der Waals surface area contributed by atoms with Gasteiger partial charge >= 0.3 is 0 Å². The summed E-state index contributed by atoms with van der Waals surface area (Å²) in [4.78, 5) is 2.70. The van der Waals surface area contributed by atoms with Gasteiger partial charge in [-0.05, 0) is 45.2 Å². The highest BCUT2D eigenvalue weighted by molar-refractivity contribution is 4.98. The third-order valence-electron chi connectivity index (χ3n) is 3.34. The molecule has 1 fully saturated rings. The molecule has 2 aliphatic rings. The summed E-state index contributed by atoms with van der Waals surface area (Å²) in [6, 6.07) is 0.784. The van der Waals surface area contributed by atoms with Gasteiger partial charge in [0.2, 0.25) is 0 Å². The first-order chi connectivity index (χ1) is 6.47. The fourth-order valence-electron chi connectivity index (χ4n) is 2.53. The highest BCUT2D eigenvalue weighted by atomic mass is 15.1. The Kier molecular flexibility index (Phi) is 3.42. The zero-order chi connectivity index (χ0) is 8.93. The molecule has 13 heavy (non-hydrogen) atoms. The third-order valence-corrected chi connectivity index (χ3v) is 3.34. The van der Waals surface area contributed by atoms with Crippen molar-refractivity contribution in [2.75, 3.05) is 13.1 Å². The summed E-state index contributed by atoms with van der Waals surface area (Å²) < 4.78 is 0. The van der Waals surface area contributed by atoms with Crippen molar-refractivity contribution in [3.63, 3.8) is 0 Å². The van der Waals surface area contributed by atoms with E-state index >= 15 is 0 Å². The molecule has 1 nitrogen and oxygen atoms in total. The van der Waals surface area contributed by atoms with E-state index in [9.17, 15) is 0 Å². The molecule has 0 bridgehead atoms. The number of hydrogen-bond donors (Lipinski definition) is 0. The molecule has 1 unspecified atom stereocenters. The van der Waals surface area contributed by atoms with Crippen LogP contribution >= 0.6 is 0 Å². The summed E-state index contributed by atoms with van der Waals surface area (Å²) in [5.74, 6) is 0. The van der Waals surface area contributed by atoms with Crippen LogP contribution in [0.5, 0.6) is 0 Å². The molecule has 0 aromatic rings. The molecule has 0 amide bonds. The van der Waals surface area contributed by atoms with E-state index in [4.69, 9.17) is 0 Å². The maximum atomic E-state index is 2.70. The summed E-state index contributed by atoms with van der Waals surface area (Å²) in [6.45, 7) is 2.68. The van der Waals surface area contributed by atoms with E-state index in [0.29, 0.717) is 0 Å². The minimum atomic E-state index is 0.784. The van der Waals surface area contributed by atoms with Crippen LogP contribution in [0.2, 0.25) is 0 Å². The number of nitrogens with zero attached hydrogens (tertiary/aromatic N) is 1. The van der Waals surface area contributed by atoms with Crippen molar-refractivity contribution in [2.45, 2.75) is 51.0 Å². The van der Waals surface area contributed by atoms with Crippen molar-refractivity contribution >= 4 is 0 Å². The first kappa shape index (κ1) is 9.26. The van der Waals surface area contributed by atoms with Crippen LogP contribution in [0.25, 0.3) is 0 Å². The normalized spacial score (nSPS) is 31.5. The van der Waals surface area contributed by atoms with Crippen molar-refractivity contribution in [1.29, 1.82) is 0 Å². The van der Waals surface area contributed by atoms with E-state index < -0.39 is 0 Å². The number of hydrogen-bond acceptors (Lipinski definition) is 1. The topological polar surface area (TPSA) is 3.24 Å². The second kappa shape index (κ2) is 4.80. The summed E-state index contributed by atoms with van der Waals surface area (Å²) >= 11 is 0. The molecule has 0 aromatic carbocycles. The summed E-state index contributed by atoms with van der Waals surface area (Å²) in [5.41, 5.74) is 0. The maximum Gasteiger partial charge on any atom is 0.0278 e. The Bertz CT molecular complexity index is 166. The SMILES string of the molecule is C1=CC(N2CCCCCC2)CCC1. The molecule has 1 atom stereocenters. The Morgan fingerprint density at radius 1 is 0.923 bits per heavy atom. The van der Waals surface area contributed by atoms with Gasteiger partial charge in [0.1, 0.15) is 0 Å². The maximum absolute atomic E-state index is 2.70. The average Bonchev–Trinajstić information content (AvgIpc) is 2.47. The highest BCUT2D eigenvalue weighted by Crippen LogP contribution is 2.20. The molecule has 0 saturated carbocycles. The molecule has 1 heteroatoms. The predicted molar refractivity (Wildman–Crippen MR) is 56.8 cm³/mol. The van der Waals surface area contributed by atoms with Crippen LogP contribution in [-0.2, 0) is 0 Å². The number of rotatable bonds is 1. The van der Waals surface area contributed by atoms with Crippen LogP contribution < -0.4 is 0 Å². The second-order valence-corrected chi connectivity index (χ2v) is 4.38. The van der Waals surface area contributed by atoms with Gasteiger partial charge in [-0.1, -0.05) is 25.0 Å². The molecule has 1 aliphatic heterocycles. The fourth-order valence-corrected chi connectivity index (χ4v) is 2.53. The number of allylic oxidation sites excluding steroid dienone is 1. The lowest BCUT2D eigenvalue weighted by atomic mass is 10.0. The van der Waals surface area contributed by atoms with Gasteiger partial charge in [-0.25, -0.2) is 0 Å². The fraction of sp³-hybridized carbons (Fsp3) is 0.833. The Labute approximate surface area is 81.8 Å². The van der Waals surface area contributed by atoms with Crippen LogP contribution in [-0.4, -0.2) is 24.0 Å². The van der Waals surface area contributed by atoms with Crippen LogP contribution in [0.1, 0.15) is 44.9 Å². The van der Waals surface area contributed by atoms with Gasteiger partial charge in [0.05, 0.1) is 0 Å². The van der Waals surface area contributed by atoms with Gasteiger partial charge in [0.15, 0.2) is 0 Å². The van der Waals surface area contributed by atoms with Gasteiger partial charge in [0, 0.05) is 6.04 Å². The monoisotopic (exact) mass is 179 g/mol. The molecule has 1 heterocycles. The summed E-state index contributed by atoms with van der Waals surface area (Å²) in [5, 5.41) is 0. The quantitative estimate of drug-likeness (QED) is 0.559. The predicted octanol–water partition coefficient (Wildman–Crippen LogP) is 2.97. The first-order valence-electron chi connectivity index (χ1n) is 5.87. The minimum Gasteiger partial charge on any atom is -0.297 e. The van der Waals surface area contributed by atoms with Crippen molar-refractivity contribution in [3.05, 3.63) is 12.2 Å². The molecule has 2 rings (SSSR count). The first-order valence-corrected chi connectivity index (χ1v) is 5.87. The van der Waals surface area contributed by atoms with Crippen LogP contribution in [0.3, 0.4) is 0 Å². The standard InChI is InChI=1S/C12H21N/c1-2-7-11-13(10-6-1)12-8-4-3-5-9-12/h4,8,12H,1-3,5-7,9-11H2. The minimum absolute atomic E-state index is 0.784. The van der Waals surface area contributed by atoms with Crippen LogP contribution in [0, 0.1) is 0 Å². The molecule has 1 aliphatic carbocycles. The molecule has 0 spiro atoms. The number of likely N-dealkylation sites (tertiary alicyclic amines) is 1. The van der Waals surface area contributed by atoms with E-state index in [-0.39, 0.29) is 0 Å². The highest BCUT2D eigenvalue weighted by Gasteiger charge is 2.18. The van der Waals surface area contributed by atoms with E-state index in [1.54, 1.807) is 0 Å². The van der Waals surface area contributed by atoms with Crippen molar-refractivity contribution in [1.82, 2.24) is 4.90 Å². The van der Waals surface area contributed by atoms with E-state index in [1.807, 2.05) is 0 Å². The van der Waals surface area contributed by atoms with Gasteiger partial charge < -0.3 is 0 Å². The average molecular weight is 179 g/mol. The Hall–Kier alpha value is -0.300. The van der Waals surface area contributed by atoms with E-state index in [2.05, 4.69) is 17.1 Å². The lowest BCUT2D eigenvalue weighted by Gasteiger charge is -2.30. The van der Waals surface area contributed by atoms with E-state index in [1.165, 1.54) is 58.0 Å². The van der Waals surface area contributed by atoms with Gasteiger partial charge in [-0.3, -0.25) is 4.90 Å². The summed E-state index contributed by atoms with van der Waals surface area (Å²) in [6.07, 6.45) is 14.7. The van der Waals surface area contributed by atoms with Gasteiger partial charge in [-0.15, -0.1) is 0 Å². The van der Waals surface area contributed by atoms with Crippen molar-refractivity contribution in [2.24, 2.45) is 0 Å². The Morgan fingerprint density at radius 3 is 2.31 bits per heavy atom. The molecule has 74 valence electrons. The molecular weight excluding hydrogens is 158 g/mol. The zero-order valence-corrected chi connectivity index (χ0v) is 8.54. The third kappa shape index (κ3) is 2.57. The molecule has 1 saturated heterocycles. The second-order valence-electron chi connectivity index (χ2n) is 4.38. The van der Waals surface area contributed by atoms with Crippen LogP contribution in [0.15, 0.2) is 12.2 Å². The largest absolute Gasteiger partial charge is 0.297 e. The molecule has 0 N–H and O–H groups in total. The Balaban J connectivity index is 1.89. The zero-order valence-electron chi connectivity index (χ0n) is 8.54. The van der Waals surface area contributed by atoms with Crippen molar-refractivity contribution < 1.29 is 0 Å². The molecular formula is C12H21N. The van der Waals surface area contributed by atoms with Gasteiger partial charge in [0.25, 0.3) is 0 Å². The van der Waals surface area contributed by atoms with Crippen molar-refractivity contribution in [3.8, 4) is 0 Å². The summed E-state index contributed by atoms with van der Waals surface area (Å²) in [7, 11) is 0. The Morgan fingerprint density at radius 2 is 1.69 bits per heavy atom. The van der Waals surface area contributed by atoms with Gasteiger partial charge in [-0.2, -0.15) is 0 Å². The lowest BCUT2D eigenvalue weighted by Crippen LogP contribution is -2.35. The van der Waals surface area contributed by atoms with Crippen LogP contribution in [0.4, 0.5) is 0 Å². The smallest absolute Gasteiger partial charge is 0.0278 e.